The number of nitrogens with one attached hydrogen (secondary N) is 7. The van der Waals surface area contributed by atoms with Gasteiger partial charge in [0.25, 0.3) is 0 Å². The van der Waals surface area contributed by atoms with Crippen molar-refractivity contribution in [3.63, 3.8) is 0 Å². The Morgan fingerprint density at radius 1 is 0.891 bits per heavy atom. The van der Waals surface area contributed by atoms with E-state index < -0.39 is 95.0 Å². The second-order valence-corrected chi connectivity index (χ2v) is 16.0. The number of aliphatic imine (C=N–C) groups is 1. The van der Waals surface area contributed by atoms with Crippen LogP contribution < -0.4 is 49.1 Å². The van der Waals surface area contributed by atoms with Crippen molar-refractivity contribution < 1.29 is 43.2 Å². The van der Waals surface area contributed by atoms with Crippen LogP contribution in [0.3, 0.4) is 0 Å². The third kappa shape index (κ3) is 18.4. The first-order chi connectivity index (χ1) is 30.5. The first kappa shape index (κ1) is 51.7. The van der Waals surface area contributed by atoms with Crippen LogP contribution in [0.15, 0.2) is 47.8 Å². The van der Waals surface area contributed by atoms with E-state index in [-0.39, 0.29) is 83.3 Å². The molecule has 21 heteroatoms. The van der Waals surface area contributed by atoms with Crippen LogP contribution in [0.2, 0.25) is 0 Å². The molecule has 0 spiro atoms. The Bertz CT molecular complexity index is 1940. The van der Waals surface area contributed by atoms with Crippen molar-refractivity contribution in [1.29, 1.82) is 0 Å². The summed E-state index contributed by atoms with van der Waals surface area (Å²) in [5.74, 6) is -7.99. The van der Waals surface area contributed by atoms with Crippen molar-refractivity contribution in [2.45, 2.75) is 128 Å². The summed E-state index contributed by atoms with van der Waals surface area (Å²) in [5.41, 5.74) is 17.6. The number of carbonyl (C=O) groups is 9. The van der Waals surface area contributed by atoms with Crippen molar-refractivity contribution >= 4 is 58.9 Å². The minimum absolute atomic E-state index is 0.00977. The molecule has 0 aliphatic carbocycles. The van der Waals surface area contributed by atoms with Gasteiger partial charge in [0.05, 0.1) is 12.4 Å². The maximum atomic E-state index is 14.5. The van der Waals surface area contributed by atoms with Gasteiger partial charge in [0.1, 0.15) is 30.0 Å². The average Bonchev–Trinajstić information content (AvgIpc) is 3.76. The summed E-state index contributed by atoms with van der Waals surface area (Å²) >= 11 is 0. The van der Waals surface area contributed by atoms with E-state index in [1.165, 1.54) is 26.4 Å². The van der Waals surface area contributed by atoms with E-state index in [9.17, 15) is 43.2 Å². The molecule has 1 aromatic heterocycles. The molecule has 0 bridgehead atoms. The fraction of sp³-hybridized carbons (Fsp3) is 0.558. The number of Topliss-reactive ketones (excluding diaryl/α,β-unsaturated/α-hetero) is 2. The second kappa shape index (κ2) is 26.7. The molecule has 1 aromatic carbocycles. The third-order valence-electron chi connectivity index (χ3n) is 10.8. The van der Waals surface area contributed by atoms with Crippen molar-refractivity contribution in [3.8, 4) is 0 Å². The van der Waals surface area contributed by atoms with Crippen molar-refractivity contribution in [2.24, 2.45) is 34.0 Å². The molecule has 7 amide bonds. The Kier molecular flexibility index (Phi) is 21.6. The largest absolute Gasteiger partial charge is 0.370 e. The van der Waals surface area contributed by atoms with Gasteiger partial charge in [-0.25, -0.2) is 4.98 Å². The number of amides is 7. The lowest BCUT2D eigenvalue weighted by molar-refractivity contribution is -0.135. The van der Waals surface area contributed by atoms with Crippen molar-refractivity contribution in [3.05, 3.63) is 54.1 Å². The summed E-state index contributed by atoms with van der Waals surface area (Å²) in [4.78, 5) is 133. The number of benzene rings is 1. The monoisotopic (exact) mass is 892 g/mol. The molecule has 2 aromatic rings. The molecule has 3 rings (SSSR count). The zero-order chi connectivity index (χ0) is 47.2. The van der Waals surface area contributed by atoms with E-state index in [2.05, 4.69) is 46.9 Å². The van der Waals surface area contributed by atoms with Gasteiger partial charge in [0, 0.05) is 69.4 Å². The Morgan fingerprint density at radius 2 is 1.61 bits per heavy atom. The number of hydrogen-bond acceptors (Lipinski definition) is 11. The molecule has 0 radical (unpaired) electrons. The summed E-state index contributed by atoms with van der Waals surface area (Å²) in [7, 11) is 0. The number of rotatable bonds is 17. The van der Waals surface area contributed by atoms with E-state index in [4.69, 9.17) is 17.2 Å². The second-order valence-electron chi connectivity index (χ2n) is 16.0. The van der Waals surface area contributed by atoms with E-state index in [1.807, 2.05) is 6.92 Å². The third-order valence-corrected chi connectivity index (χ3v) is 10.8. The predicted octanol–water partition coefficient (Wildman–Crippen LogP) is -1.16. The molecule has 1 aliphatic rings. The van der Waals surface area contributed by atoms with Gasteiger partial charge < -0.3 is 54.1 Å². The highest BCUT2D eigenvalue weighted by Crippen LogP contribution is 2.22. The molecule has 1 aliphatic heterocycles. The molecule has 13 N–H and O–H groups in total. The number of ketones is 2. The van der Waals surface area contributed by atoms with Crippen LogP contribution in [0.5, 0.6) is 0 Å². The quantitative estimate of drug-likeness (QED) is 0.0511. The number of nitrogens with two attached hydrogens (primary N) is 3. The summed E-state index contributed by atoms with van der Waals surface area (Å²) in [5, 5.41) is 16.0. The zero-order valence-corrected chi connectivity index (χ0v) is 36.8. The molecule has 21 nitrogen and oxygen atoms in total. The van der Waals surface area contributed by atoms with Gasteiger partial charge in [-0.1, -0.05) is 50.1 Å². The minimum atomic E-state index is -1.39. The first-order valence-electron chi connectivity index (χ1n) is 21.6. The van der Waals surface area contributed by atoms with Crippen LogP contribution in [-0.2, 0) is 56.0 Å². The van der Waals surface area contributed by atoms with Gasteiger partial charge >= 0.3 is 0 Å². The van der Waals surface area contributed by atoms with Crippen molar-refractivity contribution in [2.75, 3.05) is 13.1 Å². The van der Waals surface area contributed by atoms with Crippen LogP contribution in [0.1, 0.15) is 96.2 Å². The number of hydrogen-bond donors (Lipinski definition) is 10. The summed E-state index contributed by atoms with van der Waals surface area (Å²) in [6.45, 7) is 4.58. The van der Waals surface area contributed by atoms with Gasteiger partial charge in [0.15, 0.2) is 11.7 Å². The van der Waals surface area contributed by atoms with Crippen LogP contribution in [0.4, 0.5) is 0 Å². The summed E-state index contributed by atoms with van der Waals surface area (Å²) in [6, 6.07) is 2.82. The van der Waals surface area contributed by atoms with Crippen LogP contribution in [0.25, 0.3) is 0 Å². The number of aromatic nitrogens is 2. The summed E-state index contributed by atoms with van der Waals surface area (Å²) in [6.07, 6.45) is 3.33. The number of guanidine groups is 1. The topological polar surface area (TPSA) is 345 Å². The fourth-order valence-electron chi connectivity index (χ4n) is 7.12. The van der Waals surface area contributed by atoms with Gasteiger partial charge in [0.2, 0.25) is 41.4 Å². The number of H-pyrrole nitrogens is 1. The molecule has 0 unspecified atom stereocenters. The number of primary amides is 1. The molecular formula is C43H64N12O9. The zero-order valence-electron chi connectivity index (χ0n) is 36.8. The Balaban J connectivity index is 2.11. The maximum absolute atomic E-state index is 14.5. The Morgan fingerprint density at radius 3 is 2.25 bits per heavy atom. The lowest BCUT2D eigenvalue weighted by Crippen LogP contribution is -2.58. The van der Waals surface area contributed by atoms with E-state index in [0.29, 0.717) is 24.1 Å². The normalized spacial score (nSPS) is 21.5. The highest BCUT2D eigenvalue weighted by Gasteiger charge is 2.35. The van der Waals surface area contributed by atoms with Gasteiger partial charge in [-0.3, -0.25) is 48.1 Å². The molecule has 1 saturated heterocycles. The van der Waals surface area contributed by atoms with Gasteiger partial charge in [-0.2, -0.15) is 0 Å². The lowest BCUT2D eigenvalue weighted by atomic mass is 9.84. The standard InChI is InChI=1S/C43H64N12O9/c1-4-5-13-31(52-26(3)56)40(62)53-32-14-15-37(59)48-18-16-29(39(61)51-25(2)38(44)60)21-35(57)28(12-9-17-49-43(45)46)20-36(58)33(19-27-10-7-6-8-11-27)54-42(64)34(55-41(32)63)22-30-23-47-24-50-30/h6-8,10-11,23-25,28-29,31-34H,4-5,9,12-22H2,1-3H3,(H2,44,60)(H,47,50)(H,48,59)(H,51,61)(H,52,56)(H,53,62)(H,54,64)(H,55,63)(H4,45,46,49)/t25-,28+,29+,31-,32-,33+,34-/m0/s1. The van der Waals surface area contributed by atoms with E-state index in [0.717, 1.165) is 0 Å². The average molecular weight is 893 g/mol. The molecule has 7 atom stereocenters. The molecule has 0 saturated carbocycles. The van der Waals surface area contributed by atoms with Crippen molar-refractivity contribution in [1.82, 2.24) is 41.9 Å². The van der Waals surface area contributed by atoms with Crippen LogP contribution in [0, 0.1) is 11.8 Å². The molecular weight excluding hydrogens is 829 g/mol. The van der Waals surface area contributed by atoms with Crippen LogP contribution in [-0.4, -0.2) is 112 Å². The highest BCUT2D eigenvalue weighted by molar-refractivity contribution is 5.98. The Labute approximate surface area is 372 Å². The number of nitrogens with zero attached hydrogens (tertiary/aromatic N) is 2. The lowest BCUT2D eigenvalue weighted by Gasteiger charge is -2.27. The fourth-order valence-corrected chi connectivity index (χ4v) is 7.12. The smallest absolute Gasteiger partial charge is 0.243 e. The molecule has 2 heterocycles. The highest BCUT2D eigenvalue weighted by atomic mass is 16.2. The number of unbranched alkanes of at least 4 members (excludes halogenated alkanes) is 1. The molecule has 64 heavy (non-hydrogen) atoms. The molecule has 1 fully saturated rings. The van der Waals surface area contributed by atoms with E-state index in [1.54, 1.807) is 30.3 Å². The minimum Gasteiger partial charge on any atom is -0.370 e. The Hall–Kier alpha value is -6.67. The van der Waals surface area contributed by atoms with E-state index >= 15 is 0 Å². The first-order valence-corrected chi connectivity index (χ1v) is 21.6. The number of imidazole rings is 1. The SMILES string of the molecule is CCCC[C@H](NC(C)=O)C(=O)N[C@H]1CCC(=O)NCC[C@@H](C(=O)N[C@@H](C)C(N)=O)CC(=O)[C@H](CCCN=C(N)N)CC(=O)[C@@H](Cc2ccccc2)NC(=O)[C@H](Cc2cnc[nH]2)NC1=O. The summed E-state index contributed by atoms with van der Waals surface area (Å²) < 4.78 is 0. The number of aromatic amines is 1. The number of carbonyl (C=O) groups excluding carboxylic acids is 9. The predicted molar refractivity (Wildman–Crippen MR) is 235 cm³/mol. The molecule has 350 valence electrons. The van der Waals surface area contributed by atoms with Crippen LogP contribution >= 0.6 is 0 Å². The van der Waals surface area contributed by atoms with Gasteiger partial charge in [-0.05, 0) is 51.0 Å². The maximum Gasteiger partial charge on any atom is 0.243 e. The van der Waals surface area contributed by atoms with Gasteiger partial charge in [-0.15, -0.1) is 0 Å².